The summed E-state index contributed by atoms with van der Waals surface area (Å²) in [5.74, 6) is 0.149. The summed E-state index contributed by atoms with van der Waals surface area (Å²) in [6.45, 7) is 0.201. The third-order valence-electron chi connectivity index (χ3n) is 3.69. The van der Waals surface area contributed by atoms with Gasteiger partial charge in [-0.2, -0.15) is 8.78 Å². The number of halogens is 2. The van der Waals surface area contributed by atoms with Crippen LogP contribution in [-0.4, -0.2) is 36.5 Å². The summed E-state index contributed by atoms with van der Waals surface area (Å²) in [6, 6.07) is 5.86. The van der Waals surface area contributed by atoms with Gasteiger partial charge in [-0.15, -0.1) is 0 Å². The van der Waals surface area contributed by atoms with E-state index in [1.165, 1.54) is 18.2 Å². The number of nitrogens with zero attached hydrogens (tertiary/aromatic N) is 1. The maximum atomic E-state index is 12.4. The Hall–Kier alpha value is -1.69. The van der Waals surface area contributed by atoms with Gasteiger partial charge < -0.3 is 15.4 Å². The molecule has 110 valence electrons. The summed E-state index contributed by atoms with van der Waals surface area (Å²) in [5.41, 5.74) is 6.05. The fourth-order valence-corrected chi connectivity index (χ4v) is 2.59. The first-order chi connectivity index (χ1) is 9.52. The average molecular weight is 284 g/mol. The molecule has 1 heterocycles. The molecule has 20 heavy (non-hydrogen) atoms. The molecule has 0 radical (unpaired) electrons. The molecule has 1 aromatic rings. The Kier molecular flexibility index (Phi) is 4.54. The van der Waals surface area contributed by atoms with Gasteiger partial charge in [-0.25, -0.2) is 0 Å². The Labute approximate surface area is 116 Å². The fraction of sp³-hybridized carbons (Fsp3) is 0.500. The number of carbonyl (C=O) groups excluding carboxylic acids is 1. The van der Waals surface area contributed by atoms with Gasteiger partial charge in [-0.1, -0.05) is 13.0 Å². The second-order valence-electron chi connectivity index (χ2n) is 4.97. The van der Waals surface area contributed by atoms with E-state index in [0.717, 1.165) is 6.42 Å². The van der Waals surface area contributed by atoms with E-state index in [1.807, 2.05) is 0 Å². The number of hydrogen-bond donors (Lipinski definition) is 1. The second kappa shape index (κ2) is 6.17. The lowest BCUT2D eigenvalue weighted by atomic mass is 10.0. The molecule has 2 atom stereocenters. The highest BCUT2D eigenvalue weighted by molar-refractivity contribution is 5.95. The van der Waals surface area contributed by atoms with E-state index in [0.29, 0.717) is 24.6 Å². The smallest absolute Gasteiger partial charge is 0.387 e. The first kappa shape index (κ1) is 14.7. The molecule has 1 aliphatic rings. The topological polar surface area (TPSA) is 55.6 Å². The van der Waals surface area contributed by atoms with Gasteiger partial charge in [0.15, 0.2) is 0 Å². The standard InChI is InChI=1S/C14H18F2N2O2/c1-9-5-6-18(12(9)8-17)13(19)10-3-2-4-11(7-10)20-14(15)16/h2-4,7,9,12,14H,5-6,8,17H2,1H3. The van der Waals surface area contributed by atoms with Crippen molar-refractivity contribution in [3.8, 4) is 5.75 Å². The molecule has 1 aliphatic heterocycles. The highest BCUT2D eigenvalue weighted by atomic mass is 19.3. The van der Waals surface area contributed by atoms with Gasteiger partial charge in [0.25, 0.3) is 5.91 Å². The molecule has 2 N–H and O–H groups in total. The van der Waals surface area contributed by atoms with Crippen LogP contribution >= 0.6 is 0 Å². The number of rotatable bonds is 4. The molecule has 0 spiro atoms. The summed E-state index contributed by atoms with van der Waals surface area (Å²) >= 11 is 0. The molecule has 1 amide bonds. The van der Waals surface area contributed by atoms with Crippen LogP contribution < -0.4 is 10.5 Å². The Morgan fingerprint density at radius 1 is 1.55 bits per heavy atom. The zero-order valence-electron chi connectivity index (χ0n) is 11.3. The van der Waals surface area contributed by atoms with Gasteiger partial charge >= 0.3 is 6.61 Å². The molecule has 0 saturated carbocycles. The molecule has 0 aliphatic carbocycles. The van der Waals surface area contributed by atoms with Gasteiger partial charge in [0.2, 0.25) is 0 Å². The van der Waals surface area contributed by atoms with Crippen molar-refractivity contribution in [1.29, 1.82) is 0 Å². The Morgan fingerprint density at radius 3 is 2.95 bits per heavy atom. The van der Waals surface area contributed by atoms with Crippen LogP contribution in [0.1, 0.15) is 23.7 Å². The van der Waals surface area contributed by atoms with Crippen molar-refractivity contribution in [1.82, 2.24) is 4.90 Å². The largest absolute Gasteiger partial charge is 0.435 e. The summed E-state index contributed by atoms with van der Waals surface area (Å²) < 4.78 is 28.7. The summed E-state index contributed by atoms with van der Waals surface area (Å²) in [6.07, 6.45) is 0.904. The minimum absolute atomic E-state index is 0.00201. The number of nitrogens with two attached hydrogens (primary N) is 1. The number of likely N-dealkylation sites (tertiary alicyclic amines) is 1. The number of amides is 1. The lowest BCUT2D eigenvalue weighted by Gasteiger charge is -2.26. The monoisotopic (exact) mass is 284 g/mol. The van der Waals surface area contributed by atoms with Crippen LogP contribution in [0.2, 0.25) is 0 Å². The van der Waals surface area contributed by atoms with E-state index in [2.05, 4.69) is 11.7 Å². The summed E-state index contributed by atoms with van der Waals surface area (Å²) in [7, 11) is 0. The van der Waals surface area contributed by atoms with E-state index >= 15 is 0 Å². The van der Waals surface area contributed by atoms with Crippen molar-refractivity contribution in [2.45, 2.75) is 26.0 Å². The quantitative estimate of drug-likeness (QED) is 0.921. The van der Waals surface area contributed by atoms with Crippen LogP contribution in [0, 0.1) is 5.92 Å². The molecule has 1 fully saturated rings. The molecule has 6 heteroatoms. The highest BCUT2D eigenvalue weighted by Crippen LogP contribution is 2.26. The van der Waals surface area contributed by atoms with Gasteiger partial charge in [0.1, 0.15) is 5.75 Å². The lowest BCUT2D eigenvalue weighted by molar-refractivity contribution is -0.0499. The number of ether oxygens (including phenoxy) is 1. The molecular formula is C14H18F2N2O2. The van der Waals surface area contributed by atoms with Crippen LogP contribution in [0.5, 0.6) is 5.75 Å². The van der Waals surface area contributed by atoms with Gasteiger partial charge in [0.05, 0.1) is 0 Å². The highest BCUT2D eigenvalue weighted by Gasteiger charge is 2.33. The van der Waals surface area contributed by atoms with E-state index < -0.39 is 6.61 Å². The molecule has 0 aromatic heterocycles. The number of hydrogen-bond acceptors (Lipinski definition) is 3. The first-order valence-corrected chi connectivity index (χ1v) is 6.59. The van der Waals surface area contributed by atoms with Crippen LogP contribution in [0.15, 0.2) is 24.3 Å². The predicted molar refractivity (Wildman–Crippen MR) is 70.7 cm³/mol. The normalized spacial score (nSPS) is 22.4. The minimum atomic E-state index is -2.90. The summed E-state index contributed by atoms with van der Waals surface area (Å²) in [4.78, 5) is 14.1. The van der Waals surface area contributed by atoms with Crippen molar-refractivity contribution in [3.05, 3.63) is 29.8 Å². The zero-order valence-corrected chi connectivity index (χ0v) is 11.3. The van der Waals surface area contributed by atoms with E-state index in [1.54, 1.807) is 11.0 Å². The molecule has 2 unspecified atom stereocenters. The SMILES string of the molecule is CC1CCN(C(=O)c2cccc(OC(F)F)c2)C1CN. The lowest BCUT2D eigenvalue weighted by Crippen LogP contribution is -2.42. The maximum absolute atomic E-state index is 12.4. The second-order valence-corrected chi connectivity index (χ2v) is 4.97. The van der Waals surface area contributed by atoms with Crippen LogP contribution in [0.25, 0.3) is 0 Å². The third-order valence-corrected chi connectivity index (χ3v) is 3.69. The Balaban J connectivity index is 2.16. The number of carbonyl (C=O) groups is 1. The Bertz CT molecular complexity index is 482. The van der Waals surface area contributed by atoms with Gasteiger partial charge in [0, 0.05) is 24.7 Å². The van der Waals surface area contributed by atoms with Crippen LogP contribution in [-0.2, 0) is 0 Å². The molecule has 4 nitrogen and oxygen atoms in total. The molecule has 1 aromatic carbocycles. The van der Waals surface area contributed by atoms with E-state index in [4.69, 9.17) is 5.73 Å². The maximum Gasteiger partial charge on any atom is 0.387 e. The predicted octanol–water partition coefficient (Wildman–Crippen LogP) is 2.10. The Morgan fingerprint density at radius 2 is 2.30 bits per heavy atom. The van der Waals surface area contributed by atoms with Crippen molar-refractivity contribution in [2.75, 3.05) is 13.1 Å². The van der Waals surface area contributed by atoms with E-state index in [-0.39, 0.29) is 17.7 Å². The first-order valence-electron chi connectivity index (χ1n) is 6.59. The number of benzene rings is 1. The number of alkyl halides is 2. The molecule has 1 saturated heterocycles. The fourth-order valence-electron chi connectivity index (χ4n) is 2.59. The van der Waals surface area contributed by atoms with Crippen molar-refractivity contribution >= 4 is 5.91 Å². The van der Waals surface area contributed by atoms with Crippen molar-refractivity contribution in [2.24, 2.45) is 11.7 Å². The molecule has 0 bridgehead atoms. The van der Waals surface area contributed by atoms with Gasteiger partial charge in [-0.3, -0.25) is 4.79 Å². The summed E-state index contributed by atoms with van der Waals surface area (Å²) in [5, 5.41) is 0. The van der Waals surface area contributed by atoms with E-state index in [9.17, 15) is 13.6 Å². The van der Waals surface area contributed by atoms with Crippen molar-refractivity contribution in [3.63, 3.8) is 0 Å². The van der Waals surface area contributed by atoms with Crippen LogP contribution in [0.4, 0.5) is 8.78 Å². The average Bonchev–Trinajstić information content (AvgIpc) is 2.78. The minimum Gasteiger partial charge on any atom is -0.435 e. The zero-order chi connectivity index (χ0) is 14.7. The van der Waals surface area contributed by atoms with Crippen LogP contribution in [0.3, 0.4) is 0 Å². The molecular weight excluding hydrogens is 266 g/mol. The van der Waals surface area contributed by atoms with Crippen molar-refractivity contribution < 1.29 is 18.3 Å². The third kappa shape index (κ3) is 3.07. The van der Waals surface area contributed by atoms with Gasteiger partial charge in [-0.05, 0) is 30.5 Å². The molecule has 2 rings (SSSR count).